The average molecular weight is 324 g/mol. The van der Waals surface area contributed by atoms with Crippen molar-refractivity contribution in [3.63, 3.8) is 0 Å². The van der Waals surface area contributed by atoms with Gasteiger partial charge in [0, 0.05) is 25.2 Å². The number of hydrazone groups is 2. The van der Waals surface area contributed by atoms with Crippen LogP contribution in [-0.2, 0) is 9.59 Å². The summed E-state index contributed by atoms with van der Waals surface area (Å²) in [7, 11) is 0. The summed E-state index contributed by atoms with van der Waals surface area (Å²) >= 11 is 0. The van der Waals surface area contributed by atoms with Gasteiger partial charge in [-0.3, -0.25) is 19.6 Å². The monoisotopic (exact) mass is 324 g/mol. The zero-order valence-corrected chi connectivity index (χ0v) is 12.8. The molecule has 8 heteroatoms. The highest BCUT2D eigenvalue weighted by atomic mass is 16.2. The van der Waals surface area contributed by atoms with Crippen molar-refractivity contribution in [2.45, 2.75) is 12.8 Å². The molecular formula is C16H16N6O2. The lowest BCUT2D eigenvalue weighted by atomic mass is 10.3. The van der Waals surface area contributed by atoms with E-state index in [-0.39, 0.29) is 24.7 Å². The topological polar surface area (TPSA) is 109 Å². The molecular weight excluding hydrogens is 308 g/mol. The smallest absolute Gasteiger partial charge is 0.240 e. The molecule has 2 rings (SSSR count). The molecule has 2 aromatic heterocycles. The molecule has 0 atom stereocenters. The van der Waals surface area contributed by atoms with Gasteiger partial charge in [0.25, 0.3) is 0 Å². The minimum absolute atomic E-state index is 0.00446. The van der Waals surface area contributed by atoms with E-state index in [1.165, 1.54) is 12.4 Å². The number of nitrogens with zero attached hydrogens (tertiary/aromatic N) is 4. The Labute approximate surface area is 138 Å². The van der Waals surface area contributed by atoms with Gasteiger partial charge < -0.3 is 0 Å². The highest BCUT2D eigenvalue weighted by Gasteiger charge is 2.05. The summed E-state index contributed by atoms with van der Waals surface area (Å²) in [5, 5.41) is 7.53. The second-order valence-corrected chi connectivity index (χ2v) is 4.60. The molecule has 0 unspecified atom stereocenters. The fourth-order valence-electron chi connectivity index (χ4n) is 1.58. The van der Waals surface area contributed by atoms with Gasteiger partial charge in [-0.1, -0.05) is 12.1 Å². The molecule has 122 valence electrons. The molecule has 0 saturated carbocycles. The van der Waals surface area contributed by atoms with Crippen LogP contribution in [-0.4, -0.2) is 34.2 Å². The van der Waals surface area contributed by atoms with E-state index in [1.54, 1.807) is 36.7 Å². The van der Waals surface area contributed by atoms with Crippen molar-refractivity contribution in [1.29, 1.82) is 0 Å². The van der Waals surface area contributed by atoms with Crippen molar-refractivity contribution >= 4 is 24.2 Å². The Hall–Kier alpha value is -3.42. The van der Waals surface area contributed by atoms with E-state index in [0.29, 0.717) is 11.4 Å². The van der Waals surface area contributed by atoms with E-state index < -0.39 is 0 Å². The largest absolute Gasteiger partial charge is 0.273 e. The van der Waals surface area contributed by atoms with Gasteiger partial charge in [0.2, 0.25) is 11.8 Å². The maximum atomic E-state index is 11.6. The number of carbonyl (C=O) groups is 2. The summed E-state index contributed by atoms with van der Waals surface area (Å²) in [4.78, 5) is 31.2. The van der Waals surface area contributed by atoms with Crippen molar-refractivity contribution in [1.82, 2.24) is 20.8 Å². The lowest BCUT2D eigenvalue weighted by Crippen LogP contribution is -2.22. The van der Waals surface area contributed by atoms with Gasteiger partial charge in [-0.2, -0.15) is 10.2 Å². The average Bonchev–Trinajstić information content (AvgIpc) is 2.62. The predicted molar refractivity (Wildman–Crippen MR) is 89.2 cm³/mol. The van der Waals surface area contributed by atoms with Gasteiger partial charge in [0.05, 0.1) is 23.8 Å². The molecule has 0 bridgehead atoms. The van der Waals surface area contributed by atoms with Crippen molar-refractivity contribution in [3.8, 4) is 0 Å². The minimum Gasteiger partial charge on any atom is -0.273 e. The molecule has 2 amide bonds. The maximum absolute atomic E-state index is 11.6. The first kappa shape index (κ1) is 16.9. The third-order valence-electron chi connectivity index (χ3n) is 2.73. The van der Waals surface area contributed by atoms with Crippen LogP contribution in [0.5, 0.6) is 0 Å². The standard InChI is InChI=1S/C16H16N6O2/c23-15(21-19-11-13-5-1-3-9-17-13)7-8-16(24)22-20-12-14-6-2-4-10-18-14/h1-6,9-12H,7-8H2,(H,21,23)(H,22,24)/b19-11-,20-12-. The molecule has 0 fully saturated rings. The van der Waals surface area contributed by atoms with Crippen LogP contribution in [0, 0.1) is 0 Å². The second kappa shape index (κ2) is 9.57. The summed E-state index contributed by atoms with van der Waals surface area (Å²) in [5.41, 5.74) is 5.91. The Morgan fingerprint density at radius 1 is 0.833 bits per heavy atom. The molecule has 2 heterocycles. The van der Waals surface area contributed by atoms with Gasteiger partial charge >= 0.3 is 0 Å². The number of amides is 2. The van der Waals surface area contributed by atoms with Crippen LogP contribution in [0.3, 0.4) is 0 Å². The summed E-state index contributed by atoms with van der Waals surface area (Å²) in [6, 6.07) is 10.7. The van der Waals surface area contributed by atoms with Crippen LogP contribution < -0.4 is 10.9 Å². The normalized spacial score (nSPS) is 10.8. The molecule has 8 nitrogen and oxygen atoms in total. The third-order valence-corrected chi connectivity index (χ3v) is 2.73. The van der Waals surface area contributed by atoms with Crippen LogP contribution in [0.2, 0.25) is 0 Å². The fourth-order valence-corrected chi connectivity index (χ4v) is 1.58. The van der Waals surface area contributed by atoms with Crippen molar-refractivity contribution < 1.29 is 9.59 Å². The number of carbonyl (C=O) groups excluding carboxylic acids is 2. The van der Waals surface area contributed by atoms with Crippen LogP contribution >= 0.6 is 0 Å². The molecule has 2 N–H and O–H groups in total. The van der Waals surface area contributed by atoms with E-state index in [2.05, 4.69) is 31.0 Å². The first-order valence-electron chi connectivity index (χ1n) is 7.20. The second-order valence-electron chi connectivity index (χ2n) is 4.60. The molecule has 0 aliphatic heterocycles. The highest BCUT2D eigenvalue weighted by Crippen LogP contribution is 1.91. The van der Waals surface area contributed by atoms with Crippen LogP contribution in [0.1, 0.15) is 24.2 Å². The Bertz CT molecular complexity index is 652. The Morgan fingerprint density at radius 3 is 1.67 bits per heavy atom. The maximum Gasteiger partial charge on any atom is 0.240 e. The number of rotatable bonds is 7. The Kier molecular flexibility index (Phi) is 6.75. The van der Waals surface area contributed by atoms with Crippen LogP contribution in [0.4, 0.5) is 0 Å². The zero-order valence-electron chi connectivity index (χ0n) is 12.8. The van der Waals surface area contributed by atoms with Gasteiger partial charge in [-0.05, 0) is 24.3 Å². The van der Waals surface area contributed by atoms with Crippen molar-refractivity contribution in [2.75, 3.05) is 0 Å². The van der Waals surface area contributed by atoms with Crippen molar-refractivity contribution in [2.24, 2.45) is 10.2 Å². The highest BCUT2D eigenvalue weighted by molar-refractivity contribution is 5.85. The summed E-state index contributed by atoms with van der Waals surface area (Å²) in [6.45, 7) is 0. The minimum atomic E-state index is -0.369. The van der Waals surface area contributed by atoms with Crippen molar-refractivity contribution in [3.05, 3.63) is 60.2 Å². The quantitative estimate of drug-likeness (QED) is 0.581. The Balaban J connectivity index is 1.65. The summed E-state index contributed by atoms with van der Waals surface area (Å²) in [6.07, 6.45) is 6.11. The third kappa shape index (κ3) is 6.56. The molecule has 0 radical (unpaired) electrons. The predicted octanol–water partition coefficient (Wildman–Crippen LogP) is 0.857. The lowest BCUT2D eigenvalue weighted by molar-refractivity contribution is -0.126. The fraction of sp³-hybridized carbons (Fsp3) is 0.125. The van der Waals surface area contributed by atoms with E-state index >= 15 is 0 Å². The number of hydrogen-bond donors (Lipinski definition) is 2. The SMILES string of the molecule is O=C(CCC(=O)N/N=C\c1ccccn1)N/N=C\c1ccccn1. The summed E-state index contributed by atoms with van der Waals surface area (Å²) in [5.74, 6) is -0.739. The van der Waals surface area contributed by atoms with E-state index in [1.807, 2.05) is 12.1 Å². The number of aromatic nitrogens is 2. The molecule has 24 heavy (non-hydrogen) atoms. The van der Waals surface area contributed by atoms with Gasteiger partial charge in [-0.25, -0.2) is 10.9 Å². The first-order valence-corrected chi connectivity index (χ1v) is 7.20. The molecule has 2 aromatic rings. The van der Waals surface area contributed by atoms with E-state index in [9.17, 15) is 9.59 Å². The van der Waals surface area contributed by atoms with E-state index in [4.69, 9.17) is 0 Å². The number of pyridine rings is 2. The van der Waals surface area contributed by atoms with Gasteiger partial charge in [0.15, 0.2) is 0 Å². The van der Waals surface area contributed by atoms with Crippen LogP contribution in [0.15, 0.2) is 59.0 Å². The van der Waals surface area contributed by atoms with Gasteiger partial charge in [-0.15, -0.1) is 0 Å². The number of hydrogen-bond acceptors (Lipinski definition) is 6. The molecule has 0 saturated heterocycles. The lowest BCUT2D eigenvalue weighted by Gasteiger charge is -1.99. The first-order chi connectivity index (χ1) is 11.7. The van der Waals surface area contributed by atoms with E-state index in [0.717, 1.165) is 0 Å². The molecule has 0 aliphatic carbocycles. The molecule has 0 aromatic carbocycles. The zero-order chi connectivity index (χ0) is 17.0. The van der Waals surface area contributed by atoms with Crippen LogP contribution in [0.25, 0.3) is 0 Å². The van der Waals surface area contributed by atoms with Gasteiger partial charge in [0.1, 0.15) is 0 Å². The summed E-state index contributed by atoms with van der Waals surface area (Å²) < 4.78 is 0. The number of nitrogens with one attached hydrogen (secondary N) is 2. The Morgan fingerprint density at radius 2 is 1.29 bits per heavy atom. The molecule has 0 aliphatic rings. The molecule has 0 spiro atoms.